The number of alkyl carbamates (subject to hydrolysis) is 1. The third-order valence-electron chi connectivity index (χ3n) is 4.97. The minimum atomic E-state index is -0.978. The van der Waals surface area contributed by atoms with Crippen molar-refractivity contribution < 1.29 is 19.4 Å². The van der Waals surface area contributed by atoms with Crippen LogP contribution in [0.15, 0.2) is 12.1 Å². The third kappa shape index (κ3) is 7.88. The van der Waals surface area contributed by atoms with Gasteiger partial charge in [-0.15, -0.1) is 23.2 Å². The topological polar surface area (TPSA) is 78.9 Å². The van der Waals surface area contributed by atoms with Gasteiger partial charge in [0.2, 0.25) is 0 Å². The number of hydrogen-bond donors (Lipinski definition) is 2. The van der Waals surface area contributed by atoms with Crippen LogP contribution >= 0.6 is 23.2 Å². The van der Waals surface area contributed by atoms with Crippen LogP contribution in [0.3, 0.4) is 0 Å². The highest BCUT2D eigenvalue weighted by molar-refractivity contribution is 6.18. The molecular formula is C22H34Cl2N2O4. The Balaban J connectivity index is 3.26. The summed E-state index contributed by atoms with van der Waals surface area (Å²) in [6, 6.07) is 3.41. The summed E-state index contributed by atoms with van der Waals surface area (Å²) >= 11 is 11.9. The van der Waals surface area contributed by atoms with E-state index in [-0.39, 0.29) is 0 Å². The summed E-state index contributed by atoms with van der Waals surface area (Å²) in [5.74, 6) is -0.827. The fourth-order valence-electron chi connectivity index (χ4n) is 3.30. The van der Waals surface area contributed by atoms with E-state index in [0.717, 1.165) is 22.4 Å². The number of rotatable bonds is 10. The number of hydrogen-bond acceptors (Lipinski definition) is 4. The standard InChI is InChI=1S/C22H34Cl2N2O4/c1-14-7-8-19(26(11-9-23)12-10-24)15(2)17(14)13-18(16(3)20(27)28)25-21(29)30-22(4,5)6/h7-8,16,18H,9-13H2,1-6H3,(H,25,29)(H,27,28)/t16?,18-/m0/s1. The Labute approximate surface area is 189 Å². The summed E-state index contributed by atoms with van der Waals surface area (Å²) in [5.41, 5.74) is 3.39. The van der Waals surface area contributed by atoms with Crippen molar-refractivity contribution in [1.29, 1.82) is 0 Å². The van der Waals surface area contributed by atoms with Gasteiger partial charge < -0.3 is 20.1 Å². The summed E-state index contributed by atoms with van der Waals surface area (Å²) in [6.45, 7) is 12.2. The number of amides is 1. The highest BCUT2D eigenvalue weighted by Crippen LogP contribution is 2.28. The minimum Gasteiger partial charge on any atom is -0.481 e. The van der Waals surface area contributed by atoms with E-state index in [9.17, 15) is 14.7 Å². The number of aliphatic carboxylic acids is 1. The maximum Gasteiger partial charge on any atom is 0.407 e. The molecular weight excluding hydrogens is 427 g/mol. The van der Waals surface area contributed by atoms with Gasteiger partial charge in [0.1, 0.15) is 5.60 Å². The fourth-order valence-corrected chi connectivity index (χ4v) is 3.71. The number of anilines is 1. The van der Waals surface area contributed by atoms with Crippen LogP contribution in [0.1, 0.15) is 44.4 Å². The van der Waals surface area contributed by atoms with Gasteiger partial charge in [0.25, 0.3) is 0 Å². The SMILES string of the molecule is Cc1ccc(N(CCCl)CCCl)c(C)c1C[C@H](NC(=O)OC(C)(C)C)C(C)C(=O)O. The third-order valence-corrected chi connectivity index (χ3v) is 5.31. The second-order valence-electron chi connectivity index (χ2n) is 8.45. The Morgan fingerprint density at radius 2 is 1.73 bits per heavy atom. The fraction of sp³-hybridized carbons (Fsp3) is 0.636. The number of halogens is 2. The highest BCUT2D eigenvalue weighted by atomic mass is 35.5. The van der Waals surface area contributed by atoms with Crippen molar-refractivity contribution in [3.63, 3.8) is 0 Å². The van der Waals surface area contributed by atoms with Crippen molar-refractivity contribution in [1.82, 2.24) is 5.32 Å². The molecule has 30 heavy (non-hydrogen) atoms. The van der Waals surface area contributed by atoms with E-state index in [1.807, 2.05) is 26.0 Å². The van der Waals surface area contributed by atoms with E-state index < -0.39 is 29.6 Å². The Morgan fingerprint density at radius 1 is 1.17 bits per heavy atom. The molecule has 0 saturated heterocycles. The molecule has 1 unspecified atom stereocenters. The van der Waals surface area contributed by atoms with E-state index in [1.54, 1.807) is 27.7 Å². The van der Waals surface area contributed by atoms with Gasteiger partial charge in [-0.25, -0.2) is 4.79 Å². The minimum absolute atomic E-state index is 0.369. The van der Waals surface area contributed by atoms with E-state index in [0.29, 0.717) is 31.3 Å². The zero-order valence-corrected chi connectivity index (χ0v) is 20.2. The molecule has 0 saturated carbocycles. The smallest absolute Gasteiger partial charge is 0.407 e. The molecule has 0 radical (unpaired) electrons. The van der Waals surface area contributed by atoms with Crippen molar-refractivity contribution in [2.75, 3.05) is 29.7 Å². The van der Waals surface area contributed by atoms with Crippen molar-refractivity contribution in [2.45, 2.75) is 59.6 Å². The Kier molecular flexibility index (Phi) is 10.2. The lowest BCUT2D eigenvalue weighted by atomic mass is 9.89. The largest absolute Gasteiger partial charge is 0.481 e. The number of carboxylic acids is 1. The maximum absolute atomic E-state index is 12.3. The molecule has 0 aromatic heterocycles. The van der Waals surface area contributed by atoms with Gasteiger partial charge in [-0.3, -0.25) is 4.79 Å². The van der Waals surface area contributed by atoms with Crippen molar-refractivity contribution in [3.8, 4) is 0 Å². The van der Waals surface area contributed by atoms with Crippen molar-refractivity contribution in [2.24, 2.45) is 5.92 Å². The predicted molar refractivity (Wildman–Crippen MR) is 123 cm³/mol. The van der Waals surface area contributed by atoms with E-state index in [2.05, 4.69) is 10.2 Å². The summed E-state index contributed by atoms with van der Waals surface area (Å²) < 4.78 is 5.34. The van der Waals surface area contributed by atoms with E-state index >= 15 is 0 Å². The number of carbonyl (C=O) groups excluding carboxylic acids is 1. The van der Waals surface area contributed by atoms with Gasteiger partial charge in [0, 0.05) is 36.6 Å². The predicted octanol–water partition coefficient (Wildman–Crippen LogP) is 4.74. The molecule has 0 fully saturated rings. The van der Waals surface area contributed by atoms with Gasteiger partial charge in [0.15, 0.2) is 0 Å². The summed E-state index contributed by atoms with van der Waals surface area (Å²) in [7, 11) is 0. The zero-order chi connectivity index (χ0) is 23.1. The van der Waals surface area contributed by atoms with Crippen LogP contribution in [0, 0.1) is 19.8 Å². The molecule has 0 spiro atoms. The molecule has 0 aliphatic rings. The molecule has 1 amide bonds. The molecule has 2 atom stereocenters. The molecule has 0 aliphatic carbocycles. The second-order valence-corrected chi connectivity index (χ2v) is 9.21. The average molecular weight is 461 g/mol. The molecule has 0 bridgehead atoms. The van der Waals surface area contributed by atoms with Crippen molar-refractivity contribution >= 4 is 41.0 Å². The lowest BCUT2D eigenvalue weighted by Gasteiger charge is -2.29. The molecule has 8 heteroatoms. The number of benzene rings is 1. The first-order valence-electron chi connectivity index (χ1n) is 10.1. The number of alkyl halides is 2. The molecule has 1 aromatic rings. The van der Waals surface area contributed by atoms with Crippen LogP contribution in [-0.4, -0.2) is 53.7 Å². The van der Waals surface area contributed by atoms with Crippen LogP contribution in [0.5, 0.6) is 0 Å². The molecule has 1 rings (SSSR count). The van der Waals surface area contributed by atoms with Gasteiger partial charge >= 0.3 is 12.1 Å². The first kappa shape index (κ1) is 26.4. The van der Waals surface area contributed by atoms with Crippen molar-refractivity contribution in [3.05, 3.63) is 28.8 Å². The molecule has 2 N–H and O–H groups in total. The van der Waals surface area contributed by atoms with Crippen LogP contribution in [0.2, 0.25) is 0 Å². The van der Waals surface area contributed by atoms with Crippen LogP contribution < -0.4 is 10.2 Å². The molecule has 0 heterocycles. The van der Waals surface area contributed by atoms with Crippen LogP contribution in [0.25, 0.3) is 0 Å². The van der Waals surface area contributed by atoms with Gasteiger partial charge in [0.05, 0.1) is 5.92 Å². The monoisotopic (exact) mass is 460 g/mol. The number of carbonyl (C=O) groups is 2. The van der Waals surface area contributed by atoms with E-state index in [1.165, 1.54) is 0 Å². The molecule has 1 aromatic carbocycles. The number of aryl methyl sites for hydroxylation is 1. The first-order chi connectivity index (χ1) is 13.9. The first-order valence-corrected chi connectivity index (χ1v) is 11.2. The molecule has 0 aliphatic heterocycles. The Bertz CT molecular complexity index is 729. The summed E-state index contributed by atoms with van der Waals surface area (Å²) in [6.07, 6.45) is -0.258. The van der Waals surface area contributed by atoms with Gasteiger partial charge in [-0.05, 0) is 70.7 Å². The molecule has 170 valence electrons. The number of nitrogens with zero attached hydrogens (tertiary/aromatic N) is 1. The quantitative estimate of drug-likeness (QED) is 0.492. The average Bonchev–Trinajstić information content (AvgIpc) is 2.62. The Morgan fingerprint density at radius 3 is 2.20 bits per heavy atom. The number of ether oxygens (including phenoxy) is 1. The normalized spacial score (nSPS) is 13.5. The Hall–Kier alpha value is -1.66. The zero-order valence-electron chi connectivity index (χ0n) is 18.7. The summed E-state index contributed by atoms with van der Waals surface area (Å²) in [4.78, 5) is 26.1. The second kappa shape index (κ2) is 11.7. The number of nitrogens with one attached hydrogen (secondary N) is 1. The lowest BCUT2D eigenvalue weighted by molar-refractivity contribution is -0.142. The summed E-state index contributed by atoms with van der Waals surface area (Å²) in [5, 5.41) is 12.3. The van der Waals surface area contributed by atoms with Crippen LogP contribution in [0.4, 0.5) is 10.5 Å². The van der Waals surface area contributed by atoms with E-state index in [4.69, 9.17) is 27.9 Å². The van der Waals surface area contributed by atoms with Gasteiger partial charge in [-0.2, -0.15) is 0 Å². The van der Waals surface area contributed by atoms with Crippen LogP contribution in [-0.2, 0) is 16.0 Å². The van der Waals surface area contributed by atoms with Gasteiger partial charge in [-0.1, -0.05) is 6.07 Å². The molecule has 6 nitrogen and oxygen atoms in total. The maximum atomic E-state index is 12.3. The highest BCUT2D eigenvalue weighted by Gasteiger charge is 2.29. The number of carboxylic acid groups (broad SMARTS) is 1. The lowest BCUT2D eigenvalue weighted by Crippen LogP contribution is -2.46.